The normalized spacial score (nSPS) is 15.3. The van der Waals surface area contributed by atoms with Gasteiger partial charge in [-0.3, -0.25) is 4.79 Å². The number of rotatable bonds is 7. The summed E-state index contributed by atoms with van der Waals surface area (Å²) in [5, 5.41) is 18.0. The molecule has 1 amide bonds. The lowest BCUT2D eigenvalue weighted by Crippen LogP contribution is -2.14. The number of aromatic nitrogens is 4. The van der Waals surface area contributed by atoms with Gasteiger partial charge in [0.05, 0.1) is 11.4 Å². The summed E-state index contributed by atoms with van der Waals surface area (Å²) in [6, 6.07) is 7.49. The first-order chi connectivity index (χ1) is 16.5. The Balaban J connectivity index is 1.24. The number of benzene rings is 1. The molecule has 3 aromatic heterocycles. The van der Waals surface area contributed by atoms with Gasteiger partial charge in [0.2, 0.25) is 5.91 Å². The fourth-order valence-corrected chi connectivity index (χ4v) is 7.02. The van der Waals surface area contributed by atoms with Crippen molar-refractivity contribution in [3.8, 4) is 22.6 Å². The minimum absolute atomic E-state index is 0.115. The molecule has 0 saturated carbocycles. The maximum Gasteiger partial charge on any atom is 0.236 e. The maximum atomic E-state index is 12.6. The first-order valence-corrected chi connectivity index (χ1v) is 14.3. The van der Waals surface area contributed by atoms with E-state index in [0.29, 0.717) is 10.2 Å². The lowest BCUT2D eigenvalue weighted by molar-refractivity contribution is -0.113. The second kappa shape index (κ2) is 10.2. The summed E-state index contributed by atoms with van der Waals surface area (Å²) < 4.78 is 2.11. The zero-order valence-electron chi connectivity index (χ0n) is 18.9. The van der Waals surface area contributed by atoms with Crippen LogP contribution in [-0.2, 0) is 24.2 Å². The van der Waals surface area contributed by atoms with E-state index in [9.17, 15) is 4.79 Å². The number of thioether (sulfide) groups is 1. The van der Waals surface area contributed by atoms with E-state index in [-0.39, 0.29) is 11.7 Å². The van der Waals surface area contributed by atoms with Crippen molar-refractivity contribution >= 4 is 57.1 Å². The Kier molecular flexibility index (Phi) is 7.06. The number of nitrogens with zero attached hydrogens (tertiary/aromatic N) is 4. The molecule has 1 aliphatic carbocycles. The van der Waals surface area contributed by atoms with Crippen LogP contribution in [0.5, 0.6) is 0 Å². The predicted molar refractivity (Wildman–Crippen MR) is 142 cm³/mol. The number of carbonyl (C=O) groups excluding carboxylic acids is 1. The minimum atomic E-state index is -0.115. The lowest BCUT2D eigenvalue weighted by atomic mass is 9.88. The van der Waals surface area contributed by atoms with Crippen molar-refractivity contribution in [3.05, 3.63) is 50.5 Å². The van der Waals surface area contributed by atoms with Crippen LogP contribution in [0.4, 0.5) is 5.13 Å². The standard InChI is InChI=1S/C24H24ClN5OS3/c1-3-30-22(18-11-32-20-10-14(2)4-9-17(18)20)28-29-24(30)34-13-21(31)27-23-26-19(12-33-23)15-5-7-16(25)8-6-15/h5-8,11-12,14H,3-4,9-10,13H2,1-2H3,(H,26,27,31). The van der Waals surface area contributed by atoms with Crippen molar-refractivity contribution in [2.45, 2.75) is 44.8 Å². The van der Waals surface area contributed by atoms with Crippen molar-refractivity contribution < 1.29 is 4.79 Å². The third-order valence-corrected chi connectivity index (χ3v) is 8.93. The van der Waals surface area contributed by atoms with Crippen LogP contribution in [-0.4, -0.2) is 31.4 Å². The molecule has 1 atom stereocenters. The third kappa shape index (κ3) is 4.93. The second-order valence-corrected chi connectivity index (χ2v) is 11.5. The molecule has 1 N–H and O–H groups in total. The Bertz CT molecular complexity index is 1310. The van der Waals surface area contributed by atoms with Gasteiger partial charge in [0.1, 0.15) is 0 Å². The number of thiophene rings is 1. The van der Waals surface area contributed by atoms with E-state index >= 15 is 0 Å². The first-order valence-electron chi connectivity index (χ1n) is 11.2. The molecule has 34 heavy (non-hydrogen) atoms. The van der Waals surface area contributed by atoms with Gasteiger partial charge in [-0.25, -0.2) is 4.98 Å². The third-order valence-electron chi connectivity index (χ3n) is 5.90. The van der Waals surface area contributed by atoms with Crippen LogP contribution < -0.4 is 5.32 Å². The summed E-state index contributed by atoms with van der Waals surface area (Å²) in [5.41, 5.74) is 4.41. The van der Waals surface area contributed by atoms with Crippen molar-refractivity contribution in [1.82, 2.24) is 19.7 Å². The highest BCUT2D eigenvalue weighted by molar-refractivity contribution is 7.99. The van der Waals surface area contributed by atoms with E-state index in [1.54, 1.807) is 0 Å². The fraction of sp³-hybridized carbons (Fsp3) is 0.333. The van der Waals surface area contributed by atoms with Crippen LogP contribution in [0.15, 0.2) is 40.2 Å². The number of hydrogen-bond acceptors (Lipinski definition) is 7. The molecule has 10 heteroatoms. The second-order valence-electron chi connectivity index (χ2n) is 8.33. The Morgan fingerprint density at radius 3 is 2.85 bits per heavy atom. The molecular formula is C24H24ClN5OS3. The van der Waals surface area contributed by atoms with Gasteiger partial charge in [-0.15, -0.1) is 32.9 Å². The first kappa shape index (κ1) is 23.5. The molecule has 0 radical (unpaired) electrons. The van der Waals surface area contributed by atoms with Gasteiger partial charge in [-0.05, 0) is 49.8 Å². The molecular weight excluding hydrogens is 506 g/mol. The van der Waals surface area contributed by atoms with Crippen LogP contribution in [0.2, 0.25) is 5.02 Å². The summed E-state index contributed by atoms with van der Waals surface area (Å²) in [4.78, 5) is 18.6. The van der Waals surface area contributed by atoms with E-state index < -0.39 is 0 Å². The number of amides is 1. The summed E-state index contributed by atoms with van der Waals surface area (Å²) >= 11 is 10.6. The molecule has 0 aliphatic heterocycles. The van der Waals surface area contributed by atoms with Gasteiger partial charge in [-0.1, -0.05) is 42.4 Å². The Labute approximate surface area is 215 Å². The maximum absolute atomic E-state index is 12.6. The Hall–Kier alpha value is -2.20. The minimum Gasteiger partial charge on any atom is -0.302 e. The molecule has 1 aromatic carbocycles. The predicted octanol–water partition coefficient (Wildman–Crippen LogP) is 6.66. The molecule has 5 rings (SSSR count). The smallest absolute Gasteiger partial charge is 0.236 e. The van der Waals surface area contributed by atoms with E-state index in [0.717, 1.165) is 47.5 Å². The SMILES string of the molecule is CCn1c(SCC(=O)Nc2nc(-c3ccc(Cl)cc3)cs2)nnc1-c1csc2c1CCC(C)C2. The number of anilines is 1. The van der Waals surface area contributed by atoms with Crippen LogP contribution >= 0.6 is 46.0 Å². The summed E-state index contributed by atoms with van der Waals surface area (Å²) in [6.45, 7) is 5.16. The monoisotopic (exact) mass is 529 g/mol. The van der Waals surface area contributed by atoms with Gasteiger partial charge in [0, 0.05) is 38.3 Å². The highest BCUT2D eigenvalue weighted by atomic mass is 35.5. The van der Waals surface area contributed by atoms with Gasteiger partial charge in [0.15, 0.2) is 16.1 Å². The average Bonchev–Trinajstić information content (AvgIpc) is 3.55. The number of carbonyl (C=O) groups is 1. The Morgan fingerprint density at radius 1 is 1.24 bits per heavy atom. The van der Waals surface area contributed by atoms with E-state index in [4.69, 9.17) is 11.6 Å². The van der Waals surface area contributed by atoms with Gasteiger partial charge in [-0.2, -0.15) is 0 Å². The van der Waals surface area contributed by atoms with Gasteiger partial charge >= 0.3 is 0 Å². The molecule has 1 aliphatic rings. The fourth-order valence-electron chi connectivity index (χ4n) is 4.11. The summed E-state index contributed by atoms with van der Waals surface area (Å²) in [7, 11) is 0. The zero-order chi connectivity index (χ0) is 23.7. The quantitative estimate of drug-likeness (QED) is 0.271. The number of fused-ring (bicyclic) bond motifs is 1. The molecule has 0 fully saturated rings. The molecule has 4 aromatic rings. The van der Waals surface area contributed by atoms with E-state index in [2.05, 4.69) is 44.3 Å². The summed E-state index contributed by atoms with van der Waals surface area (Å²) in [5.74, 6) is 1.78. The number of thiazole rings is 1. The zero-order valence-corrected chi connectivity index (χ0v) is 22.1. The Morgan fingerprint density at radius 2 is 2.06 bits per heavy atom. The van der Waals surface area contributed by atoms with Crippen molar-refractivity contribution in [3.63, 3.8) is 0 Å². The van der Waals surface area contributed by atoms with Crippen LogP contribution in [0.3, 0.4) is 0 Å². The highest BCUT2D eigenvalue weighted by Gasteiger charge is 2.24. The average molecular weight is 530 g/mol. The molecule has 3 heterocycles. The van der Waals surface area contributed by atoms with Gasteiger partial charge in [0.25, 0.3) is 0 Å². The molecule has 0 bridgehead atoms. The summed E-state index contributed by atoms with van der Waals surface area (Å²) in [6.07, 6.45) is 3.47. The number of halogens is 1. The lowest BCUT2D eigenvalue weighted by Gasteiger charge is -2.19. The van der Waals surface area contributed by atoms with Crippen LogP contribution in [0.25, 0.3) is 22.6 Å². The molecule has 176 valence electrons. The van der Waals surface area contributed by atoms with E-state index in [1.165, 1.54) is 45.5 Å². The van der Waals surface area contributed by atoms with E-state index in [1.807, 2.05) is 41.0 Å². The number of hydrogen-bond donors (Lipinski definition) is 1. The molecule has 6 nitrogen and oxygen atoms in total. The topological polar surface area (TPSA) is 72.7 Å². The molecule has 0 spiro atoms. The highest BCUT2D eigenvalue weighted by Crippen LogP contribution is 2.38. The largest absolute Gasteiger partial charge is 0.302 e. The van der Waals surface area contributed by atoms with Crippen molar-refractivity contribution in [2.75, 3.05) is 11.1 Å². The van der Waals surface area contributed by atoms with Crippen molar-refractivity contribution in [1.29, 1.82) is 0 Å². The van der Waals surface area contributed by atoms with Crippen LogP contribution in [0, 0.1) is 5.92 Å². The number of nitrogens with one attached hydrogen (secondary N) is 1. The molecule has 0 saturated heterocycles. The van der Waals surface area contributed by atoms with Gasteiger partial charge < -0.3 is 9.88 Å². The van der Waals surface area contributed by atoms with Crippen LogP contribution in [0.1, 0.15) is 30.7 Å². The van der Waals surface area contributed by atoms with Crippen molar-refractivity contribution in [2.24, 2.45) is 5.92 Å². The molecule has 1 unspecified atom stereocenters.